The molecule has 3 heterocycles. The van der Waals surface area contributed by atoms with Gasteiger partial charge in [-0.3, -0.25) is 38.1 Å². The molecule has 0 spiro atoms. The average molecular weight is 1150 g/mol. The summed E-state index contributed by atoms with van der Waals surface area (Å²) in [6.07, 6.45) is 7.04. The first-order valence-electron chi connectivity index (χ1n) is 29.6. The minimum atomic E-state index is -0.991. The van der Waals surface area contributed by atoms with E-state index >= 15 is 0 Å². The molecule has 19 nitrogen and oxygen atoms in total. The van der Waals surface area contributed by atoms with Crippen LogP contribution in [0.1, 0.15) is 143 Å². The number of amides is 8. The Morgan fingerprint density at radius 1 is 0.583 bits per heavy atom. The SMILES string of the molecule is CN[C@@H](C)C(=O)N[C@H](C(=O)N1Cc2cc(NC(=O)c3ccc4ccn(C(=O)NC5C[C@@H](C(=O)NC6CCCc7ccccc76)N(C(=O)[C@@H](NC(=O)[C@H](C)NC)C(C)(C)C)C5)c4c3)ccc2C[C@H]1C(=O)NC1CCCc2ccccc21)C(C)(C)C. The second-order valence-electron chi connectivity index (χ2n) is 25.4. The summed E-state index contributed by atoms with van der Waals surface area (Å²) in [6.45, 7) is 14.6. The van der Waals surface area contributed by atoms with Gasteiger partial charge in [-0.25, -0.2) is 4.79 Å². The number of aryl methyl sites for hydroxylation is 2. The number of carbonyl (C=O) groups is 8. The molecule has 4 aromatic carbocycles. The number of likely N-dealkylation sites (tertiary alicyclic amines) is 1. The summed E-state index contributed by atoms with van der Waals surface area (Å²) in [5.74, 6) is -2.65. The van der Waals surface area contributed by atoms with Crippen LogP contribution in [0, 0.1) is 10.8 Å². The Kier molecular flexibility index (Phi) is 18.2. The van der Waals surface area contributed by atoms with Crippen molar-refractivity contribution in [3.63, 3.8) is 0 Å². The van der Waals surface area contributed by atoms with Crippen molar-refractivity contribution in [2.24, 2.45) is 10.8 Å². The van der Waals surface area contributed by atoms with Gasteiger partial charge in [-0.2, -0.15) is 0 Å². The monoisotopic (exact) mass is 1150 g/mol. The van der Waals surface area contributed by atoms with Gasteiger partial charge in [0.05, 0.1) is 35.7 Å². The van der Waals surface area contributed by atoms with E-state index in [2.05, 4.69) is 54.7 Å². The lowest BCUT2D eigenvalue weighted by Crippen LogP contribution is -2.62. The van der Waals surface area contributed by atoms with E-state index < -0.39 is 76.9 Å². The first kappa shape index (κ1) is 60.7. The van der Waals surface area contributed by atoms with Gasteiger partial charge in [0.15, 0.2) is 0 Å². The molecule has 0 bridgehead atoms. The zero-order valence-corrected chi connectivity index (χ0v) is 50.1. The highest BCUT2D eigenvalue weighted by molar-refractivity contribution is 6.07. The molecule has 0 radical (unpaired) electrons. The van der Waals surface area contributed by atoms with Crippen molar-refractivity contribution in [3.05, 3.63) is 136 Å². The van der Waals surface area contributed by atoms with Crippen LogP contribution in [0.15, 0.2) is 97.2 Å². The van der Waals surface area contributed by atoms with Crippen LogP contribution in [0.4, 0.5) is 10.5 Å². The summed E-state index contributed by atoms with van der Waals surface area (Å²) in [4.78, 5) is 117. The molecule has 84 heavy (non-hydrogen) atoms. The number of anilines is 1. The molecule has 0 saturated carbocycles. The van der Waals surface area contributed by atoms with Crippen molar-refractivity contribution in [2.45, 2.75) is 168 Å². The highest BCUT2D eigenvalue weighted by atomic mass is 16.2. The van der Waals surface area contributed by atoms with Crippen molar-refractivity contribution >= 4 is 64.0 Å². The van der Waals surface area contributed by atoms with E-state index in [4.69, 9.17) is 0 Å². The third kappa shape index (κ3) is 13.2. The molecule has 2 aliphatic carbocycles. The van der Waals surface area contributed by atoms with Gasteiger partial charge in [0.1, 0.15) is 24.2 Å². The largest absolute Gasteiger partial charge is 0.347 e. The van der Waals surface area contributed by atoms with Crippen molar-refractivity contribution in [1.82, 2.24) is 51.6 Å². The van der Waals surface area contributed by atoms with Crippen LogP contribution in [0.3, 0.4) is 0 Å². The Morgan fingerprint density at radius 3 is 1.69 bits per heavy atom. The van der Waals surface area contributed by atoms with Gasteiger partial charge in [0.25, 0.3) is 5.91 Å². The molecular formula is C65H83N11O8. The molecule has 8 N–H and O–H groups in total. The normalized spacial score (nSPS) is 20.9. The van der Waals surface area contributed by atoms with E-state index in [1.54, 1.807) is 75.4 Å². The van der Waals surface area contributed by atoms with Gasteiger partial charge in [0, 0.05) is 42.3 Å². The van der Waals surface area contributed by atoms with Crippen LogP contribution >= 0.6 is 0 Å². The Bertz CT molecular complexity index is 3340. The van der Waals surface area contributed by atoms with Gasteiger partial charge in [-0.15, -0.1) is 0 Å². The molecule has 19 heteroatoms. The van der Waals surface area contributed by atoms with E-state index in [0.717, 1.165) is 60.8 Å². The summed E-state index contributed by atoms with van der Waals surface area (Å²) < 4.78 is 1.40. The quantitative estimate of drug-likeness (QED) is 0.0579. The molecule has 1 fully saturated rings. The van der Waals surface area contributed by atoms with Gasteiger partial charge < -0.3 is 52.3 Å². The third-order valence-corrected chi connectivity index (χ3v) is 17.4. The lowest BCUT2D eigenvalue weighted by Gasteiger charge is -2.42. The summed E-state index contributed by atoms with van der Waals surface area (Å²) in [5, 5.41) is 25.1. The van der Waals surface area contributed by atoms with Crippen LogP contribution in [-0.2, 0) is 54.6 Å². The maximum Gasteiger partial charge on any atom is 0.326 e. The summed E-state index contributed by atoms with van der Waals surface area (Å²) in [5.41, 5.74) is 5.70. The molecule has 4 aliphatic rings. The number of likely N-dealkylation sites (N-methyl/N-ethyl adjacent to an activating group) is 2. The maximum atomic E-state index is 15.0. The van der Waals surface area contributed by atoms with Crippen LogP contribution in [0.5, 0.6) is 0 Å². The summed E-state index contributed by atoms with van der Waals surface area (Å²) >= 11 is 0. The molecule has 446 valence electrons. The standard InChI is InChI=1S/C65H83N11O8/c1-37(66-9)56(77)72-54(64(3,4)5)61(82)75-35-44-31-45(28-27-42(44)32-52(75)59(80)70-49-23-15-19-39-17-11-13-21-47(39)49)68-58(79)43-26-25-41-29-30-74(51(41)33-43)63(84)69-46-34-53(60(81)71-50-24-16-20-40-18-12-14-22-48(40)50)76(36-46)62(83)55(65(6,7)8)73-57(78)38(2)67-10/h11-14,17-18,21-22,25-31,33,37-38,46,49-50,52-55,66-67H,15-16,19-20,23-24,32,34-36H2,1-10H3,(H,68,79)(H,69,84)(H,70,80)(H,71,81)(H,72,77)(H,73,78)/t37-,38-,46?,49?,50?,52-,53-,54+,55+/m0/s1. The number of nitrogens with zero attached hydrogens (tertiary/aromatic N) is 3. The number of rotatable bonds is 15. The smallest absolute Gasteiger partial charge is 0.326 e. The van der Waals surface area contributed by atoms with E-state index in [1.165, 1.54) is 20.6 Å². The number of benzene rings is 4. The Hall–Kier alpha value is -7.90. The number of nitrogens with one attached hydrogen (secondary N) is 8. The Balaban J connectivity index is 0.937. The molecule has 9 atom stereocenters. The minimum Gasteiger partial charge on any atom is -0.347 e. The first-order chi connectivity index (χ1) is 39.9. The number of fused-ring (bicyclic) bond motifs is 4. The molecule has 1 saturated heterocycles. The molecule has 5 aromatic rings. The van der Waals surface area contributed by atoms with Crippen molar-refractivity contribution in [1.29, 1.82) is 0 Å². The lowest BCUT2D eigenvalue weighted by molar-refractivity contribution is -0.147. The van der Waals surface area contributed by atoms with Crippen molar-refractivity contribution < 1.29 is 38.4 Å². The molecular weight excluding hydrogens is 1060 g/mol. The molecule has 9 rings (SSSR count). The van der Waals surface area contributed by atoms with Crippen molar-refractivity contribution in [2.75, 3.05) is 26.0 Å². The fourth-order valence-corrected chi connectivity index (χ4v) is 12.2. The zero-order chi connectivity index (χ0) is 60.4. The third-order valence-electron chi connectivity index (χ3n) is 17.4. The predicted molar refractivity (Wildman–Crippen MR) is 323 cm³/mol. The van der Waals surface area contributed by atoms with E-state index in [0.29, 0.717) is 16.6 Å². The van der Waals surface area contributed by atoms with Crippen molar-refractivity contribution in [3.8, 4) is 0 Å². The topological polar surface area (TPSA) is 244 Å². The average Bonchev–Trinajstić information content (AvgIpc) is 1.92. The second-order valence-corrected chi connectivity index (χ2v) is 25.4. The minimum absolute atomic E-state index is 0.000520. The lowest BCUT2D eigenvalue weighted by atomic mass is 9.83. The fourth-order valence-electron chi connectivity index (χ4n) is 12.2. The van der Waals surface area contributed by atoms with E-state index in [1.807, 2.05) is 84.0 Å². The number of carbonyl (C=O) groups excluding carboxylic acids is 8. The number of hydrogen-bond acceptors (Lipinski definition) is 10. The molecule has 1 aromatic heterocycles. The molecule has 2 aliphatic heterocycles. The maximum absolute atomic E-state index is 15.0. The van der Waals surface area contributed by atoms with Gasteiger partial charge in [-0.1, -0.05) is 102 Å². The first-order valence-corrected chi connectivity index (χ1v) is 29.6. The fraction of sp³-hybridized carbons (Fsp3) is 0.477. The highest BCUT2D eigenvalue weighted by Gasteiger charge is 2.47. The van der Waals surface area contributed by atoms with Crippen LogP contribution in [0.2, 0.25) is 0 Å². The van der Waals surface area contributed by atoms with Gasteiger partial charge in [0.2, 0.25) is 35.4 Å². The van der Waals surface area contributed by atoms with Crippen LogP contribution < -0.4 is 42.5 Å². The number of hydrogen-bond donors (Lipinski definition) is 8. The Morgan fingerprint density at radius 2 is 1.13 bits per heavy atom. The highest BCUT2D eigenvalue weighted by Crippen LogP contribution is 2.35. The second kappa shape index (κ2) is 25.1. The number of aromatic nitrogens is 1. The Labute approximate surface area is 492 Å². The molecule has 3 unspecified atom stereocenters. The summed E-state index contributed by atoms with van der Waals surface area (Å²) in [6, 6.07) is 21.7. The summed E-state index contributed by atoms with van der Waals surface area (Å²) in [7, 11) is 3.33. The predicted octanol–water partition coefficient (Wildman–Crippen LogP) is 6.34. The van der Waals surface area contributed by atoms with Gasteiger partial charge in [-0.05, 0) is 147 Å². The molecule has 8 amide bonds. The van der Waals surface area contributed by atoms with E-state index in [-0.39, 0.29) is 67.2 Å². The van der Waals surface area contributed by atoms with E-state index in [9.17, 15) is 38.4 Å². The van der Waals surface area contributed by atoms with Crippen LogP contribution in [0.25, 0.3) is 10.9 Å². The van der Waals surface area contributed by atoms with Crippen LogP contribution in [-0.4, -0.2) is 125 Å². The zero-order valence-electron chi connectivity index (χ0n) is 50.1. The van der Waals surface area contributed by atoms with Gasteiger partial charge >= 0.3 is 6.03 Å².